The first kappa shape index (κ1) is 21.7. The quantitative estimate of drug-likeness (QED) is 0.544. The predicted molar refractivity (Wildman–Crippen MR) is 99.1 cm³/mol. The van der Waals surface area contributed by atoms with E-state index in [1.165, 1.54) is 31.2 Å². The SMILES string of the molecule is CC(=O)c1ccc(S(=O)(=O)NCC(=O)OC(C)c2nc(C(C)(C)C)no2)cc1. The molecule has 0 aliphatic heterocycles. The predicted octanol–water partition coefficient (Wildman–Crippen LogP) is 2.15. The molecule has 1 aromatic carbocycles. The van der Waals surface area contributed by atoms with E-state index in [0.717, 1.165) is 0 Å². The van der Waals surface area contributed by atoms with Crippen molar-refractivity contribution in [1.29, 1.82) is 0 Å². The van der Waals surface area contributed by atoms with Gasteiger partial charge in [0.2, 0.25) is 10.0 Å². The third-order valence-corrected chi connectivity index (χ3v) is 5.16. The molecule has 0 spiro atoms. The average molecular weight is 409 g/mol. The average Bonchev–Trinajstić information content (AvgIpc) is 3.11. The van der Waals surface area contributed by atoms with E-state index in [9.17, 15) is 18.0 Å². The van der Waals surface area contributed by atoms with Gasteiger partial charge in [0.25, 0.3) is 5.89 Å². The lowest BCUT2D eigenvalue weighted by Gasteiger charge is -2.12. The van der Waals surface area contributed by atoms with Gasteiger partial charge in [-0.1, -0.05) is 38.1 Å². The van der Waals surface area contributed by atoms with Gasteiger partial charge in [0, 0.05) is 11.0 Å². The fraction of sp³-hybridized carbons (Fsp3) is 0.444. The standard InChI is InChI=1S/C18H23N3O6S/c1-11(22)13-6-8-14(9-7-13)28(24,25)19-10-15(23)26-12(2)16-20-17(21-27-16)18(3,4)5/h6-9,12,19H,10H2,1-5H3. The minimum Gasteiger partial charge on any atom is -0.452 e. The van der Waals surface area contributed by atoms with Crippen LogP contribution in [0, 0.1) is 0 Å². The van der Waals surface area contributed by atoms with Crippen LogP contribution in [0.1, 0.15) is 62.8 Å². The highest BCUT2D eigenvalue weighted by Gasteiger charge is 2.25. The molecule has 1 heterocycles. The maximum Gasteiger partial charge on any atom is 0.321 e. The summed E-state index contributed by atoms with van der Waals surface area (Å²) in [5, 5.41) is 3.85. The molecular formula is C18H23N3O6S. The summed E-state index contributed by atoms with van der Waals surface area (Å²) in [7, 11) is -3.93. The van der Waals surface area contributed by atoms with Crippen molar-refractivity contribution >= 4 is 21.8 Å². The molecule has 0 amide bonds. The van der Waals surface area contributed by atoms with E-state index in [0.29, 0.717) is 11.4 Å². The summed E-state index contributed by atoms with van der Waals surface area (Å²) in [6, 6.07) is 5.39. The monoisotopic (exact) mass is 409 g/mol. The number of hydrogen-bond donors (Lipinski definition) is 1. The highest BCUT2D eigenvalue weighted by molar-refractivity contribution is 7.89. The maximum absolute atomic E-state index is 12.2. The summed E-state index contributed by atoms with van der Waals surface area (Å²) in [6.07, 6.45) is -0.824. The first-order chi connectivity index (χ1) is 12.9. The van der Waals surface area contributed by atoms with Crippen molar-refractivity contribution in [2.24, 2.45) is 0 Å². The number of Topliss-reactive ketones (excluding diaryl/α,β-unsaturated/α-hetero) is 1. The summed E-state index contributed by atoms with van der Waals surface area (Å²) >= 11 is 0. The van der Waals surface area contributed by atoms with E-state index in [1.807, 2.05) is 20.8 Å². The van der Waals surface area contributed by atoms with Crippen LogP contribution in [0.3, 0.4) is 0 Å². The van der Waals surface area contributed by atoms with Gasteiger partial charge in [-0.05, 0) is 26.0 Å². The molecule has 9 nitrogen and oxygen atoms in total. The Morgan fingerprint density at radius 2 is 1.82 bits per heavy atom. The summed E-state index contributed by atoms with van der Waals surface area (Å²) in [6.45, 7) is 8.10. The first-order valence-electron chi connectivity index (χ1n) is 8.54. The number of carbonyl (C=O) groups excluding carboxylic acids is 2. The second-order valence-electron chi connectivity index (χ2n) is 7.24. The fourth-order valence-corrected chi connectivity index (χ4v) is 3.07. The Labute approximate surface area is 163 Å². The molecule has 28 heavy (non-hydrogen) atoms. The van der Waals surface area contributed by atoms with Crippen LogP contribution in [-0.2, 0) is 25.0 Å². The fourth-order valence-electron chi connectivity index (χ4n) is 2.10. The molecule has 2 aromatic rings. The van der Waals surface area contributed by atoms with Crippen molar-refractivity contribution < 1.29 is 27.3 Å². The molecular weight excluding hydrogens is 386 g/mol. The van der Waals surface area contributed by atoms with Crippen molar-refractivity contribution in [2.45, 2.75) is 51.0 Å². The Bertz CT molecular complexity index is 958. The van der Waals surface area contributed by atoms with E-state index in [-0.39, 0.29) is 22.0 Å². The van der Waals surface area contributed by atoms with Crippen LogP contribution >= 0.6 is 0 Å². The van der Waals surface area contributed by atoms with Crippen molar-refractivity contribution in [3.05, 3.63) is 41.5 Å². The van der Waals surface area contributed by atoms with E-state index in [1.54, 1.807) is 6.92 Å². The molecule has 2 rings (SSSR count). The Balaban J connectivity index is 1.95. The Hall–Kier alpha value is -2.59. The molecule has 0 fully saturated rings. The number of carbonyl (C=O) groups is 2. The molecule has 1 N–H and O–H groups in total. The third-order valence-electron chi connectivity index (χ3n) is 3.75. The van der Waals surface area contributed by atoms with Crippen LogP contribution < -0.4 is 4.72 Å². The molecule has 1 atom stereocenters. The van der Waals surface area contributed by atoms with Gasteiger partial charge >= 0.3 is 5.97 Å². The number of nitrogens with one attached hydrogen (secondary N) is 1. The number of sulfonamides is 1. The highest BCUT2D eigenvalue weighted by atomic mass is 32.2. The van der Waals surface area contributed by atoms with Crippen molar-refractivity contribution in [1.82, 2.24) is 14.9 Å². The number of aromatic nitrogens is 2. The third kappa shape index (κ3) is 5.46. The minimum absolute atomic E-state index is 0.0648. The summed E-state index contributed by atoms with van der Waals surface area (Å²) in [5.74, 6) is -0.377. The van der Waals surface area contributed by atoms with Gasteiger partial charge in [0.05, 0.1) is 4.90 Å². The van der Waals surface area contributed by atoms with Crippen LogP contribution in [0.5, 0.6) is 0 Å². The lowest BCUT2D eigenvalue weighted by atomic mass is 9.96. The van der Waals surface area contributed by atoms with Gasteiger partial charge < -0.3 is 9.26 Å². The van der Waals surface area contributed by atoms with Gasteiger partial charge in [-0.3, -0.25) is 9.59 Å². The normalized spacial score (nSPS) is 13.2. The first-order valence-corrected chi connectivity index (χ1v) is 10.0. The van der Waals surface area contributed by atoms with Crippen LogP contribution in [-0.4, -0.2) is 36.9 Å². The Kier molecular flexibility index (Phi) is 6.35. The molecule has 1 unspecified atom stereocenters. The van der Waals surface area contributed by atoms with Crippen LogP contribution in [0.2, 0.25) is 0 Å². The van der Waals surface area contributed by atoms with Crippen LogP contribution in [0.15, 0.2) is 33.7 Å². The lowest BCUT2D eigenvalue weighted by Crippen LogP contribution is -2.31. The lowest BCUT2D eigenvalue weighted by molar-refractivity contribution is -0.148. The number of benzene rings is 1. The molecule has 0 bridgehead atoms. The van der Waals surface area contributed by atoms with Gasteiger partial charge in [-0.25, -0.2) is 8.42 Å². The van der Waals surface area contributed by atoms with E-state index >= 15 is 0 Å². The van der Waals surface area contributed by atoms with E-state index in [4.69, 9.17) is 9.26 Å². The van der Waals surface area contributed by atoms with Crippen molar-refractivity contribution in [3.8, 4) is 0 Å². The molecule has 0 saturated heterocycles. The van der Waals surface area contributed by atoms with Gasteiger partial charge in [0.1, 0.15) is 6.54 Å². The van der Waals surface area contributed by atoms with Gasteiger partial charge in [-0.15, -0.1) is 0 Å². The molecule has 152 valence electrons. The number of ether oxygens (including phenoxy) is 1. The molecule has 0 radical (unpaired) electrons. The van der Waals surface area contributed by atoms with Crippen molar-refractivity contribution in [3.63, 3.8) is 0 Å². The smallest absolute Gasteiger partial charge is 0.321 e. The second kappa shape index (κ2) is 8.19. The summed E-state index contributed by atoms with van der Waals surface area (Å²) < 4.78 is 36.9. The Morgan fingerprint density at radius 3 is 2.32 bits per heavy atom. The topological polar surface area (TPSA) is 128 Å². The molecule has 10 heteroatoms. The van der Waals surface area contributed by atoms with Gasteiger partial charge in [0.15, 0.2) is 17.7 Å². The van der Waals surface area contributed by atoms with E-state index in [2.05, 4.69) is 14.9 Å². The zero-order valence-corrected chi connectivity index (χ0v) is 17.2. The molecule has 0 aliphatic rings. The summed E-state index contributed by atoms with van der Waals surface area (Å²) in [4.78, 5) is 27.3. The van der Waals surface area contributed by atoms with Crippen molar-refractivity contribution in [2.75, 3.05) is 6.54 Å². The zero-order chi connectivity index (χ0) is 21.1. The minimum atomic E-state index is -3.93. The number of rotatable bonds is 7. The molecule has 1 aromatic heterocycles. The number of esters is 1. The number of nitrogens with zero attached hydrogens (tertiary/aromatic N) is 2. The zero-order valence-electron chi connectivity index (χ0n) is 16.3. The largest absolute Gasteiger partial charge is 0.452 e. The Morgan fingerprint density at radius 1 is 1.21 bits per heavy atom. The van der Waals surface area contributed by atoms with Crippen LogP contribution in [0.25, 0.3) is 0 Å². The second-order valence-corrected chi connectivity index (χ2v) is 9.01. The van der Waals surface area contributed by atoms with Crippen LogP contribution in [0.4, 0.5) is 0 Å². The molecule has 0 saturated carbocycles. The van der Waals surface area contributed by atoms with Gasteiger partial charge in [-0.2, -0.15) is 9.71 Å². The highest BCUT2D eigenvalue weighted by Crippen LogP contribution is 2.22. The maximum atomic E-state index is 12.2. The summed E-state index contributed by atoms with van der Waals surface area (Å²) in [5.41, 5.74) is 0.0698. The number of hydrogen-bond acceptors (Lipinski definition) is 8. The number of ketones is 1. The molecule has 0 aliphatic carbocycles. The van der Waals surface area contributed by atoms with E-state index < -0.39 is 28.6 Å².